The lowest BCUT2D eigenvalue weighted by Crippen LogP contribution is -2.45. The quantitative estimate of drug-likeness (QED) is 0.836. The number of piperidine rings is 1. The maximum atomic E-state index is 6.12. The van der Waals surface area contributed by atoms with Gasteiger partial charge in [-0.25, -0.2) is 0 Å². The second-order valence-electron chi connectivity index (χ2n) is 6.15. The van der Waals surface area contributed by atoms with Gasteiger partial charge in [-0.3, -0.25) is 4.90 Å². The van der Waals surface area contributed by atoms with Crippen LogP contribution in [0, 0.1) is 0 Å². The van der Waals surface area contributed by atoms with Gasteiger partial charge in [0.2, 0.25) is 0 Å². The lowest BCUT2D eigenvalue weighted by atomic mass is 10.0. The highest BCUT2D eigenvalue weighted by Gasteiger charge is 2.30. The van der Waals surface area contributed by atoms with E-state index < -0.39 is 0 Å². The highest BCUT2D eigenvalue weighted by Crippen LogP contribution is 2.28. The first-order valence-corrected chi connectivity index (χ1v) is 8.55. The zero-order valence-corrected chi connectivity index (χ0v) is 13.3. The third kappa shape index (κ3) is 4.60. The van der Waals surface area contributed by atoms with Crippen LogP contribution in [0.2, 0.25) is 5.02 Å². The molecule has 3 nitrogen and oxygen atoms in total. The number of nitrogens with zero attached hydrogens (tertiary/aromatic N) is 1. The standard InChI is InChI=1S/C17H25ClN2O/c18-16-6-1-2-7-17(16)21-12-11-20(15-8-9-15)13-14-5-3-4-10-19-14/h1-2,6-7,14-15,19H,3-5,8-13H2. The smallest absolute Gasteiger partial charge is 0.137 e. The van der Waals surface area contributed by atoms with Crippen LogP contribution in [-0.2, 0) is 0 Å². The fourth-order valence-electron chi connectivity index (χ4n) is 3.06. The first kappa shape index (κ1) is 15.1. The summed E-state index contributed by atoms with van der Waals surface area (Å²) in [6.45, 7) is 4.05. The molecule has 0 spiro atoms. The Morgan fingerprint density at radius 1 is 1.19 bits per heavy atom. The molecule has 0 radical (unpaired) electrons. The minimum atomic E-state index is 0.666. The molecule has 21 heavy (non-hydrogen) atoms. The van der Waals surface area contributed by atoms with Crippen LogP contribution < -0.4 is 10.1 Å². The average molecular weight is 309 g/mol. The van der Waals surface area contributed by atoms with Crippen LogP contribution in [-0.4, -0.2) is 43.2 Å². The van der Waals surface area contributed by atoms with Crippen molar-refractivity contribution in [1.29, 1.82) is 0 Å². The van der Waals surface area contributed by atoms with Gasteiger partial charge in [-0.15, -0.1) is 0 Å². The third-order valence-electron chi connectivity index (χ3n) is 4.40. The van der Waals surface area contributed by atoms with E-state index in [-0.39, 0.29) is 0 Å². The summed E-state index contributed by atoms with van der Waals surface area (Å²) in [5, 5.41) is 4.34. The molecule has 4 heteroatoms. The molecule has 1 aromatic carbocycles. The molecular formula is C17H25ClN2O. The number of para-hydroxylation sites is 1. The Balaban J connectivity index is 1.45. The van der Waals surface area contributed by atoms with Crippen LogP contribution in [0.3, 0.4) is 0 Å². The third-order valence-corrected chi connectivity index (χ3v) is 4.72. The normalized spacial score (nSPS) is 22.5. The molecule has 1 aromatic rings. The molecule has 1 aliphatic carbocycles. The SMILES string of the molecule is Clc1ccccc1OCCN(CC1CCCCN1)C1CC1. The van der Waals surface area contributed by atoms with E-state index in [4.69, 9.17) is 16.3 Å². The minimum Gasteiger partial charge on any atom is -0.491 e. The zero-order valence-electron chi connectivity index (χ0n) is 12.6. The molecule has 1 saturated carbocycles. The van der Waals surface area contributed by atoms with Gasteiger partial charge in [-0.1, -0.05) is 30.2 Å². The van der Waals surface area contributed by atoms with Gasteiger partial charge < -0.3 is 10.1 Å². The van der Waals surface area contributed by atoms with Gasteiger partial charge in [0, 0.05) is 25.2 Å². The Morgan fingerprint density at radius 3 is 2.76 bits per heavy atom. The molecule has 116 valence electrons. The number of hydrogen-bond acceptors (Lipinski definition) is 3. The van der Waals surface area contributed by atoms with Gasteiger partial charge >= 0.3 is 0 Å². The van der Waals surface area contributed by atoms with Crippen LogP contribution in [0.1, 0.15) is 32.1 Å². The van der Waals surface area contributed by atoms with Crippen molar-refractivity contribution in [2.75, 3.05) is 26.2 Å². The van der Waals surface area contributed by atoms with Gasteiger partial charge in [-0.05, 0) is 44.4 Å². The highest BCUT2D eigenvalue weighted by molar-refractivity contribution is 6.32. The molecule has 2 aliphatic rings. The summed E-state index contributed by atoms with van der Waals surface area (Å²) in [5.41, 5.74) is 0. The molecule has 1 heterocycles. The average Bonchev–Trinajstić information content (AvgIpc) is 3.34. The van der Waals surface area contributed by atoms with Crippen LogP contribution in [0.5, 0.6) is 5.75 Å². The van der Waals surface area contributed by atoms with E-state index in [1.54, 1.807) is 0 Å². The van der Waals surface area contributed by atoms with Gasteiger partial charge in [0.1, 0.15) is 12.4 Å². The summed E-state index contributed by atoms with van der Waals surface area (Å²) >= 11 is 6.12. The summed E-state index contributed by atoms with van der Waals surface area (Å²) in [5.74, 6) is 0.797. The van der Waals surface area contributed by atoms with Crippen molar-refractivity contribution < 1.29 is 4.74 Å². The predicted octanol–water partition coefficient (Wildman–Crippen LogP) is 3.33. The molecule has 1 atom stereocenters. The second kappa shape index (κ2) is 7.48. The topological polar surface area (TPSA) is 24.5 Å². The van der Waals surface area contributed by atoms with E-state index in [2.05, 4.69) is 10.2 Å². The fraction of sp³-hybridized carbons (Fsp3) is 0.647. The fourth-order valence-corrected chi connectivity index (χ4v) is 3.25. The highest BCUT2D eigenvalue weighted by atomic mass is 35.5. The zero-order chi connectivity index (χ0) is 14.5. The predicted molar refractivity (Wildman–Crippen MR) is 87.2 cm³/mol. The Morgan fingerprint density at radius 2 is 2.05 bits per heavy atom. The molecule has 1 saturated heterocycles. The van der Waals surface area contributed by atoms with E-state index >= 15 is 0 Å². The van der Waals surface area contributed by atoms with Crippen molar-refractivity contribution in [3.8, 4) is 5.75 Å². The van der Waals surface area contributed by atoms with Crippen LogP contribution in [0.25, 0.3) is 0 Å². The molecule has 1 unspecified atom stereocenters. The summed E-state index contributed by atoms with van der Waals surface area (Å²) < 4.78 is 5.84. The number of hydrogen-bond donors (Lipinski definition) is 1. The summed E-state index contributed by atoms with van der Waals surface area (Å²) in [6.07, 6.45) is 6.70. The van der Waals surface area contributed by atoms with Crippen LogP contribution in [0.15, 0.2) is 24.3 Å². The molecular weight excluding hydrogens is 284 g/mol. The molecule has 1 aliphatic heterocycles. The molecule has 0 amide bonds. The molecule has 1 N–H and O–H groups in total. The second-order valence-corrected chi connectivity index (χ2v) is 6.56. The lowest BCUT2D eigenvalue weighted by molar-refractivity contribution is 0.177. The first-order valence-electron chi connectivity index (χ1n) is 8.18. The minimum absolute atomic E-state index is 0.666. The van der Waals surface area contributed by atoms with Gasteiger partial charge in [0.25, 0.3) is 0 Å². The van der Waals surface area contributed by atoms with E-state index in [1.807, 2.05) is 24.3 Å². The number of ether oxygens (including phenoxy) is 1. The van der Waals surface area contributed by atoms with Crippen molar-refractivity contribution in [2.24, 2.45) is 0 Å². The van der Waals surface area contributed by atoms with Gasteiger partial charge in [0.05, 0.1) is 5.02 Å². The molecule has 2 fully saturated rings. The maximum Gasteiger partial charge on any atom is 0.137 e. The summed E-state index contributed by atoms with van der Waals surface area (Å²) in [6, 6.07) is 9.16. The first-order chi connectivity index (χ1) is 10.3. The Bertz CT molecular complexity index is 444. The number of benzene rings is 1. The molecule has 3 rings (SSSR count). The summed E-state index contributed by atoms with van der Waals surface area (Å²) in [4.78, 5) is 2.60. The van der Waals surface area contributed by atoms with Crippen LogP contribution >= 0.6 is 11.6 Å². The van der Waals surface area contributed by atoms with Crippen molar-refractivity contribution in [2.45, 2.75) is 44.2 Å². The Kier molecular flexibility index (Phi) is 5.39. The largest absolute Gasteiger partial charge is 0.491 e. The molecule has 0 bridgehead atoms. The lowest BCUT2D eigenvalue weighted by Gasteiger charge is -2.30. The van der Waals surface area contributed by atoms with E-state index in [0.29, 0.717) is 17.7 Å². The van der Waals surface area contributed by atoms with E-state index in [1.165, 1.54) is 38.6 Å². The van der Waals surface area contributed by atoms with Crippen molar-refractivity contribution in [3.05, 3.63) is 29.3 Å². The van der Waals surface area contributed by atoms with E-state index in [0.717, 1.165) is 24.9 Å². The monoisotopic (exact) mass is 308 g/mol. The number of rotatable bonds is 7. The van der Waals surface area contributed by atoms with Crippen LogP contribution in [0.4, 0.5) is 0 Å². The molecule has 0 aromatic heterocycles. The Hall–Kier alpha value is -0.770. The van der Waals surface area contributed by atoms with Gasteiger partial charge in [0.15, 0.2) is 0 Å². The number of nitrogens with one attached hydrogen (secondary N) is 1. The van der Waals surface area contributed by atoms with Crippen molar-refractivity contribution >= 4 is 11.6 Å². The van der Waals surface area contributed by atoms with Crippen molar-refractivity contribution in [1.82, 2.24) is 10.2 Å². The van der Waals surface area contributed by atoms with E-state index in [9.17, 15) is 0 Å². The van der Waals surface area contributed by atoms with Crippen molar-refractivity contribution in [3.63, 3.8) is 0 Å². The number of halogens is 1. The maximum absolute atomic E-state index is 6.12. The van der Waals surface area contributed by atoms with Gasteiger partial charge in [-0.2, -0.15) is 0 Å². The summed E-state index contributed by atoms with van der Waals surface area (Å²) in [7, 11) is 0. The Labute approximate surface area is 132 Å².